The fraction of sp³-hybridized carbons (Fsp3) is 0.500. The van der Waals surface area contributed by atoms with Gasteiger partial charge in [0.25, 0.3) is 5.69 Å². The maximum atomic E-state index is 11.0. The van der Waals surface area contributed by atoms with Gasteiger partial charge in [-0.2, -0.15) is 0 Å². The van der Waals surface area contributed by atoms with Crippen LogP contribution in [0.5, 0.6) is 0 Å². The number of halogens is 1. The summed E-state index contributed by atoms with van der Waals surface area (Å²) in [5.74, 6) is 0. The van der Waals surface area contributed by atoms with E-state index in [-0.39, 0.29) is 16.7 Å². The monoisotopic (exact) mass is 269 g/mol. The quantitative estimate of drug-likeness (QED) is 0.674. The zero-order valence-electron chi connectivity index (χ0n) is 10.0. The van der Waals surface area contributed by atoms with E-state index in [4.69, 9.17) is 17.3 Å². The zero-order valence-corrected chi connectivity index (χ0v) is 10.8. The summed E-state index contributed by atoms with van der Waals surface area (Å²) in [7, 11) is 0. The molecule has 0 bridgehead atoms. The molecule has 2 N–H and O–H groups in total. The van der Waals surface area contributed by atoms with Crippen LogP contribution in [0.1, 0.15) is 18.4 Å². The number of rotatable bonds is 3. The highest BCUT2D eigenvalue weighted by molar-refractivity contribution is 6.31. The summed E-state index contributed by atoms with van der Waals surface area (Å²) in [6.45, 7) is 2.17. The van der Waals surface area contributed by atoms with E-state index in [2.05, 4.69) is 4.90 Å². The summed E-state index contributed by atoms with van der Waals surface area (Å²) in [5, 5.41) is 11.4. The SMILES string of the molecule is NC1CCCN(Cc2c(Cl)cccc2[N+](=O)[O-])C1. The summed E-state index contributed by atoms with van der Waals surface area (Å²) < 4.78 is 0. The minimum absolute atomic E-state index is 0.0849. The Morgan fingerprint density at radius 1 is 1.56 bits per heavy atom. The average Bonchev–Trinajstić information content (AvgIpc) is 2.31. The number of benzene rings is 1. The van der Waals surface area contributed by atoms with Gasteiger partial charge in [0.1, 0.15) is 0 Å². The lowest BCUT2D eigenvalue weighted by Gasteiger charge is -2.30. The second-order valence-electron chi connectivity index (χ2n) is 4.63. The molecule has 1 aromatic carbocycles. The fourth-order valence-electron chi connectivity index (χ4n) is 2.33. The molecule has 6 heteroatoms. The van der Waals surface area contributed by atoms with Gasteiger partial charge in [-0.3, -0.25) is 15.0 Å². The van der Waals surface area contributed by atoms with Gasteiger partial charge in [0, 0.05) is 25.2 Å². The van der Waals surface area contributed by atoms with Crippen LogP contribution in [0.2, 0.25) is 5.02 Å². The number of piperidine rings is 1. The second kappa shape index (κ2) is 5.65. The minimum atomic E-state index is -0.384. The van der Waals surface area contributed by atoms with Gasteiger partial charge >= 0.3 is 0 Å². The Bertz CT molecular complexity index is 453. The molecule has 1 unspecified atom stereocenters. The summed E-state index contributed by atoms with van der Waals surface area (Å²) in [6, 6.07) is 4.94. The second-order valence-corrected chi connectivity index (χ2v) is 5.04. The molecule has 1 saturated heterocycles. The Hall–Kier alpha value is -1.17. The number of likely N-dealkylation sites (tertiary alicyclic amines) is 1. The van der Waals surface area contributed by atoms with Crippen molar-refractivity contribution < 1.29 is 4.92 Å². The van der Waals surface area contributed by atoms with Crippen molar-refractivity contribution in [2.75, 3.05) is 13.1 Å². The molecule has 0 aromatic heterocycles. The van der Waals surface area contributed by atoms with Crippen LogP contribution >= 0.6 is 11.6 Å². The minimum Gasteiger partial charge on any atom is -0.327 e. The molecular weight excluding hydrogens is 254 g/mol. The van der Waals surface area contributed by atoms with Crippen molar-refractivity contribution in [3.05, 3.63) is 38.9 Å². The predicted octanol–water partition coefficient (Wildman–Crippen LogP) is 2.17. The van der Waals surface area contributed by atoms with Gasteiger partial charge in [-0.25, -0.2) is 0 Å². The normalized spacial score (nSPS) is 20.9. The van der Waals surface area contributed by atoms with Crippen molar-refractivity contribution in [1.29, 1.82) is 0 Å². The lowest BCUT2D eigenvalue weighted by Crippen LogP contribution is -2.42. The first-order valence-corrected chi connectivity index (χ1v) is 6.35. The Morgan fingerprint density at radius 3 is 3.00 bits per heavy atom. The first kappa shape index (κ1) is 13.3. The third-order valence-corrected chi connectivity index (χ3v) is 3.57. The van der Waals surface area contributed by atoms with Crippen molar-refractivity contribution in [2.45, 2.75) is 25.4 Å². The van der Waals surface area contributed by atoms with Crippen molar-refractivity contribution in [1.82, 2.24) is 4.90 Å². The van der Waals surface area contributed by atoms with Crippen LogP contribution in [-0.2, 0) is 6.54 Å². The van der Waals surface area contributed by atoms with Gasteiger partial charge < -0.3 is 5.73 Å². The Kier molecular flexibility index (Phi) is 4.16. The lowest BCUT2D eigenvalue weighted by atomic mass is 10.1. The molecule has 1 fully saturated rings. The van der Waals surface area contributed by atoms with Crippen LogP contribution in [0.25, 0.3) is 0 Å². The molecule has 1 aliphatic heterocycles. The van der Waals surface area contributed by atoms with E-state index in [0.29, 0.717) is 17.1 Å². The molecule has 2 rings (SSSR count). The summed E-state index contributed by atoms with van der Waals surface area (Å²) >= 11 is 6.07. The molecule has 5 nitrogen and oxygen atoms in total. The van der Waals surface area contributed by atoms with Crippen LogP contribution in [0.15, 0.2) is 18.2 Å². The molecule has 18 heavy (non-hydrogen) atoms. The first-order chi connectivity index (χ1) is 8.58. The highest BCUT2D eigenvalue weighted by Gasteiger charge is 2.22. The van der Waals surface area contributed by atoms with E-state index >= 15 is 0 Å². The van der Waals surface area contributed by atoms with E-state index in [0.717, 1.165) is 25.9 Å². The third-order valence-electron chi connectivity index (χ3n) is 3.21. The van der Waals surface area contributed by atoms with E-state index in [1.807, 2.05) is 0 Å². The molecule has 0 aliphatic carbocycles. The predicted molar refractivity (Wildman–Crippen MR) is 70.6 cm³/mol. The van der Waals surface area contributed by atoms with Crippen molar-refractivity contribution in [2.24, 2.45) is 5.73 Å². The summed E-state index contributed by atoms with van der Waals surface area (Å²) in [4.78, 5) is 12.7. The standard InChI is InChI=1S/C12H16ClN3O2/c13-11-4-1-5-12(16(17)18)10(11)8-15-6-2-3-9(14)7-15/h1,4-5,9H,2-3,6-8,14H2. The van der Waals surface area contributed by atoms with Gasteiger partial charge in [0.15, 0.2) is 0 Å². The smallest absolute Gasteiger partial charge is 0.275 e. The van der Waals surface area contributed by atoms with E-state index in [9.17, 15) is 10.1 Å². The molecule has 0 saturated carbocycles. The van der Waals surface area contributed by atoms with Crippen LogP contribution in [-0.4, -0.2) is 29.0 Å². The third kappa shape index (κ3) is 2.98. The van der Waals surface area contributed by atoms with Crippen molar-refractivity contribution in [3.8, 4) is 0 Å². The van der Waals surface area contributed by atoms with Gasteiger partial charge in [0.05, 0.1) is 15.5 Å². The lowest BCUT2D eigenvalue weighted by molar-refractivity contribution is -0.385. The van der Waals surface area contributed by atoms with Crippen LogP contribution in [0, 0.1) is 10.1 Å². The van der Waals surface area contributed by atoms with E-state index < -0.39 is 0 Å². The van der Waals surface area contributed by atoms with Gasteiger partial charge in [0.2, 0.25) is 0 Å². The number of nitro groups is 1. The highest BCUT2D eigenvalue weighted by atomic mass is 35.5. The summed E-state index contributed by atoms with van der Waals surface area (Å²) in [6.07, 6.45) is 2.04. The first-order valence-electron chi connectivity index (χ1n) is 5.97. The number of nitrogens with two attached hydrogens (primary N) is 1. The molecule has 0 radical (unpaired) electrons. The van der Waals surface area contributed by atoms with Crippen molar-refractivity contribution >= 4 is 17.3 Å². The van der Waals surface area contributed by atoms with E-state index in [1.165, 1.54) is 6.07 Å². The van der Waals surface area contributed by atoms with Crippen molar-refractivity contribution in [3.63, 3.8) is 0 Å². The molecule has 1 aromatic rings. The molecule has 1 aliphatic rings. The Morgan fingerprint density at radius 2 is 2.33 bits per heavy atom. The number of hydrogen-bond donors (Lipinski definition) is 1. The fourth-order valence-corrected chi connectivity index (χ4v) is 2.56. The molecule has 1 atom stereocenters. The maximum absolute atomic E-state index is 11.0. The van der Waals surface area contributed by atoms with E-state index in [1.54, 1.807) is 12.1 Å². The number of nitrogens with zero attached hydrogens (tertiary/aromatic N) is 2. The molecule has 1 heterocycles. The van der Waals surface area contributed by atoms with Gasteiger partial charge in [-0.05, 0) is 25.5 Å². The molecule has 98 valence electrons. The number of hydrogen-bond acceptors (Lipinski definition) is 4. The zero-order chi connectivity index (χ0) is 13.1. The maximum Gasteiger partial charge on any atom is 0.275 e. The molecule has 0 spiro atoms. The average molecular weight is 270 g/mol. The Labute approximate surface area is 111 Å². The number of nitro benzene ring substituents is 1. The molecule has 0 amide bonds. The summed E-state index contributed by atoms with van der Waals surface area (Å²) in [5.41, 5.74) is 6.57. The molecular formula is C12H16ClN3O2. The van der Waals surface area contributed by atoms with Crippen LogP contribution in [0.3, 0.4) is 0 Å². The Balaban J connectivity index is 2.20. The highest BCUT2D eigenvalue weighted by Crippen LogP contribution is 2.28. The van der Waals surface area contributed by atoms with Crippen LogP contribution in [0.4, 0.5) is 5.69 Å². The van der Waals surface area contributed by atoms with Gasteiger partial charge in [-0.1, -0.05) is 17.7 Å². The van der Waals surface area contributed by atoms with Gasteiger partial charge in [-0.15, -0.1) is 0 Å². The largest absolute Gasteiger partial charge is 0.327 e. The van der Waals surface area contributed by atoms with Crippen LogP contribution < -0.4 is 5.73 Å². The topological polar surface area (TPSA) is 72.4 Å².